The summed E-state index contributed by atoms with van der Waals surface area (Å²) in [4.78, 5) is 48.8. The van der Waals surface area contributed by atoms with Crippen LogP contribution >= 0.6 is 11.6 Å². The Hall–Kier alpha value is -3.46. The molecule has 1 heterocycles. The maximum atomic E-state index is 13.1. The highest BCUT2D eigenvalue weighted by molar-refractivity contribution is 6.33. The third-order valence-corrected chi connectivity index (χ3v) is 4.35. The number of benzene rings is 2. The van der Waals surface area contributed by atoms with Crippen molar-refractivity contribution in [2.75, 3.05) is 5.32 Å². The predicted octanol–water partition coefficient (Wildman–Crippen LogP) is 2.05. The highest BCUT2D eigenvalue weighted by Gasteiger charge is 2.20. The third kappa shape index (κ3) is 4.52. The Bertz CT molecular complexity index is 1220. The summed E-state index contributed by atoms with van der Waals surface area (Å²) < 4.78 is 18.9. The second-order valence-electron chi connectivity index (χ2n) is 6.12. The van der Waals surface area contributed by atoms with Gasteiger partial charge in [-0.3, -0.25) is 24.3 Å². The molecule has 1 atom stereocenters. The van der Waals surface area contributed by atoms with E-state index in [4.69, 9.17) is 16.3 Å². The van der Waals surface area contributed by atoms with Gasteiger partial charge in [-0.25, -0.2) is 9.07 Å². The van der Waals surface area contributed by atoms with E-state index in [-0.39, 0.29) is 21.5 Å². The number of anilines is 1. The van der Waals surface area contributed by atoms with Crippen LogP contribution in [0.3, 0.4) is 0 Å². The Balaban J connectivity index is 1.69. The standard InChI is InChI=1S/C19H15ClFN3O5/c1-10(17(26)22-15-7-6-11(21)8-14(15)20)29-16(25)9-24-19(28)13-5-3-2-4-12(13)18(27)23-24/h2-8,10H,9H2,1H3,(H,22,26)(H,23,27)/t10-/m1/s1. The number of hydrogen-bond acceptors (Lipinski definition) is 5. The van der Waals surface area contributed by atoms with E-state index in [1.165, 1.54) is 25.1 Å². The number of aromatic amines is 1. The summed E-state index contributed by atoms with van der Waals surface area (Å²) in [5.41, 5.74) is -0.965. The fraction of sp³-hybridized carbons (Fsp3) is 0.158. The van der Waals surface area contributed by atoms with Crippen LogP contribution < -0.4 is 16.4 Å². The maximum Gasteiger partial charge on any atom is 0.328 e. The molecule has 0 unspecified atom stereocenters. The van der Waals surface area contributed by atoms with E-state index in [2.05, 4.69) is 10.4 Å². The average Bonchev–Trinajstić information content (AvgIpc) is 2.68. The molecule has 0 radical (unpaired) electrons. The molecule has 3 rings (SSSR count). The molecule has 2 aromatic carbocycles. The van der Waals surface area contributed by atoms with Gasteiger partial charge in [0.05, 0.1) is 21.5 Å². The third-order valence-electron chi connectivity index (χ3n) is 4.04. The van der Waals surface area contributed by atoms with Gasteiger partial charge in [-0.2, -0.15) is 0 Å². The number of hydrogen-bond donors (Lipinski definition) is 2. The van der Waals surface area contributed by atoms with Crippen molar-refractivity contribution in [1.29, 1.82) is 0 Å². The fourth-order valence-electron chi connectivity index (χ4n) is 2.60. The monoisotopic (exact) mass is 419 g/mol. The Morgan fingerprint density at radius 1 is 1.21 bits per heavy atom. The van der Waals surface area contributed by atoms with Gasteiger partial charge in [0.15, 0.2) is 6.10 Å². The quantitative estimate of drug-likeness (QED) is 0.615. The van der Waals surface area contributed by atoms with Crippen LogP contribution in [-0.2, 0) is 20.9 Å². The molecule has 29 heavy (non-hydrogen) atoms. The normalized spacial score (nSPS) is 11.8. The number of H-pyrrole nitrogens is 1. The van der Waals surface area contributed by atoms with Crippen molar-refractivity contribution in [3.05, 3.63) is 74.0 Å². The Morgan fingerprint density at radius 2 is 1.90 bits per heavy atom. The van der Waals surface area contributed by atoms with Crippen molar-refractivity contribution in [2.45, 2.75) is 19.6 Å². The van der Waals surface area contributed by atoms with Crippen LogP contribution in [-0.4, -0.2) is 27.8 Å². The molecule has 0 aliphatic rings. The minimum absolute atomic E-state index is 0.0165. The number of rotatable bonds is 5. The molecule has 0 bridgehead atoms. The zero-order valence-electron chi connectivity index (χ0n) is 15.1. The lowest BCUT2D eigenvalue weighted by Gasteiger charge is -2.15. The van der Waals surface area contributed by atoms with Crippen LogP contribution in [0, 0.1) is 5.82 Å². The second-order valence-corrected chi connectivity index (χ2v) is 6.53. The molecule has 3 aromatic rings. The fourth-order valence-corrected chi connectivity index (χ4v) is 2.81. The molecule has 2 N–H and O–H groups in total. The number of amides is 1. The Kier molecular flexibility index (Phi) is 5.79. The van der Waals surface area contributed by atoms with Crippen molar-refractivity contribution >= 4 is 39.9 Å². The van der Waals surface area contributed by atoms with Gasteiger partial charge in [-0.15, -0.1) is 0 Å². The van der Waals surface area contributed by atoms with Crippen molar-refractivity contribution in [3.63, 3.8) is 0 Å². The van der Waals surface area contributed by atoms with Gasteiger partial charge < -0.3 is 10.1 Å². The summed E-state index contributed by atoms with van der Waals surface area (Å²) >= 11 is 5.84. The molecule has 0 saturated carbocycles. The number of carbonyl (C=O) groups is 2. The van der Waals surface area contributed by atoms with E-state index in [0.29, 0.717) is 0 Å². The smallest absolute Gasteiger partial charge is 0.328 e. The first kappa shape index (κ1) is 20.3. The zero-order valence-corrected chi connectivity index (χ0v) is 15.8. The number of esters is 1. The first-order valence-corrected chi connectivity index (χ1v) is 8.81. The van der Waals surface area contributed by atoms with Crippen LogP contribution in [0.1, 0.15) is 6.92 Å². The van der Waals surface area contributed by atoms with Crippen molar-refractivity contribution < 1.29 is 18.7 Å². The van der Waals surface area contributed by atoms with Gasteiger partial charge in [0, 0.05) is 0 Å². The summed E-state index contributed by atoms with van der Waals surface area (Å²) in [6.07, 6.45) is -1.23. The van der Waals surface area contributed by atoms with E-state index in [1.807, 2.05) is 0 Å². The van der Waals surface area contributed by atoms with Gasteiger partial charge in [0.2, 0.25) is 0 Å². The molecule has 1 amide bonds. The van der Waals surface area contributed by atoms with Crippen molar-refractivity contribution in [3.8, 4) is 0 Å². The van der Waals surface area contributed by atoms with Gasteiger partial charge in [0.25, 0.3) is 17.0 Å². The van der Waals surface area contributed by atoms with Crippen molar-refractivity contribution in [1.82, 2.24) is 9.78 Å². The van der Waals surface area contributed by atoms with Crippen LogP contribution in [0.15, 0.2) is 52.1 Å². The lowest BCUT2D eigenvalue weighted by atomic mass is 10.2. The number of carbonyl (C=O) groups excluding carboxylic acids is 2. The molecule has 1 aromatic heterocycles. The molecule has 0 aliphatic heterocycles. The van der Waals surface area contributed by atoms with Crippen LogP contribution in [0.4, 0.5) is 10.1 Å². The molecular formula is C19H15ClFN3O5. The molecule has 8 nitrogen and oxygen atoms in total. The predicted molar refractivity (Wildman–Crippen MR) is 104 cm³/mol. The van der Waals surface area contributed by atoms with Gasteiger partial charge in [0.1, 0.15) is 12.4 Å². The summed E-state index contributed by atoms with van der Waals surface area (Å²) in [5, 5.41) is 5.05. The highest BCUT2D eigenvalue weighted by atomic mass is 35.5. The molecule has 0 fully saturated rings. The lowest BCUT2D eigenvalue weighted by molar-refractivity contribution is -0.154. The maximum absolute atomic E-state index is 13.1. The summed E-state index contributed by atoms with van der Waals surface area (Å²) in [6.45, 7) is 0.727. The first-order valence-electron chi connectivity index (χ1n) is 8.43. The van der Waals surface area contributed by atoms with Crippen LogP contribution in [0.5, 0.6) is 0 Å². The molecule has 0 aliphatic carbocycles. The van der Waals surface area contributed by atoms with Crippen molar-refractivity contribution in [2.24, 2.45) is 0 Å². The Labute approximate surface area is 167 Å². The van der Waals surface area contributed by atoms with Gasteiger partial charge in [-0.05, 0) is 37.3 Å². The van der Waals surface area contributed by atoms with E-state index < -0.39 is 41.5 Å². The summed E-state index contributed by atoms with van der Waals surface area (Å²) in [5.74, 6) is -2.18. The number of ether oxygens (including phenoxy) is 1. The zero-order chi connectivity index (χ0) is 21.1. The molecule has 0 spiro atoms. The van der Waals surface area contributed by atoms with E-state index in [9.17, 15) is 23.6 Å². The molecule has 150 valence electrons. The number of halogens is 2. The summed E-state index contributed by atoms with van der Waals surface area (Å²) in [6, 6.07) is 9.57. The number of aromatic nitrogens is 2. The highest BCUT2D eigenvalue weighted by Crippen LogP contribution is 2.22. The average molecular weight is 420 g/mol. The van der Waals surface area contributed by atoms with Gasteiger partial charge in [-0.1, -0.05) is 23.7 Å². The molecule has 0 saturated heterocycles. The molecular weight excluding hydrogens is 405 g/mol. The SMILES string of the molecule is C[C@@H](OC(=O)Cn1[nH]c(=O)c2ccccc2c1=O)C(=O)Nc1ccc(F)cc1Cl. The largest absolute Gasteiger partial charge is 0.451 e. The minimum Gasteiger partial charge on any atom is -0.451 e. The first-order chi connectivity index (χ1) is 13.8. The van der Waals surface area contributed by atoms with E-state index >= 15 is 0 Å². The number of nitrogens with one attached hydrogen (secondary N) is 2. The van der Waals surface area contributed by atoms with E-state index in [1.54, 1.807) is 12.1 Å². The molecule has 10 heteroatoms. The topological polar surface area (TPSA) is 110 Å². The lowest BCUT2D eigenvalue weighted by Crippen LogP contribution is -2.36. The summed E-state index contributed by atoms with van der Waals surface area (Å²) in [7, 11) is 0. The van der Waals surface area contributed by atoms with Crippen LogP contribution in [0.2, 0.25) is 5.02 Å². The second kappa shape index (κ2) is 8.27. The minimum atomic E-state index is -1.23. The number of nitrogens with zero attached hydrogens (tertiary/aromatic N) is 1. The Morgan fingerprint density at radius 3 is 2.59 bits per heavy atom. The number of fused-ring (bicyclic) bond motifs is 1. The van der Waals surface area contributed by atoms with Crippen LogP contribution in [0.25, 0.3) is 10.8 Å². The van der Waals surface area contributed by atoms with Gasteiger partial charge >= 0.3 is 5.97 Å². The van der Waals surface area contributed by atoms with E-state index in [0.717, 1.165) is 16.8 Å².